The zero-order valence-corrected chi connectivity index (χ0v) is 11.0. The molecule has 1 aromatic rings. The van der Waals surface area contributed by atoms with Crippen LogP contribution in [0, 0.1) is 0 Å². The zero-order chi connectivity index (χ0) is 12.7. The smallest absolute Gasteiger partial charge is 0.252 e. The molecule has 0 radical (unpaired) electrons. The quantitative estimate of drug-likeness (QED) is 0.769. The molecule has 94 valence electrons. The van der Waals surface area contributed by atoms with E-state index in [1.54, 1.807) is 13.1 Å². The van der Waals surface area contributed by atoms with Crippen LogP contribution in [0.3, 0.4) is 0 Å². The highest BCUT2D eigenvalue weighted by Crippen LogP contribution is 2.17. The van der Waals surface area contributed by atoms with Crippen LogP contribution in [0.2, 0.25) is 5.02 Å². The molecule has 0 aliphatic heterocycles. The van der Waals surface area contributed by atoms with E-state index in [4.69, 9.17) is 11.6 Å². The maximum atomic E-state index is 11.8. The molecule has 0 bridgehead atoms. The van der Waals surface area contributed by atoms with E-state index in [2.05, 4.69) is 22.5 Å². The summed E-state index contributed by atoms with van der Waals surface area (Å²) in [6.45, 7) is 2.81. The van der Waals surface area contributed by atoms with Crippen LogP contribution in [0.25, 0.3) is 0 Å². The van der Waals surface area contributed by atoms with Gasteiger partial charge in [-0.05, 0) is 12.5 Å². The maximum absolute atomic E-state index is 11.8. The topological polar surface area (TPSA) is 54.0 Å². The Morgan fingerprint density at radius 1 is 1.47 bits per heavy atom. The molecule has 0 saturated carbocycles. The molecule has 2 N–H and O–H groups in total. The first kappa shape index (κ1) is 13.8. The van der Waals surface area contributed by atoms with Crippen molar-refractivity contribution in [1.82, 2.24) is 10.3 Å². The van der Waals surface area contributed by atoms with Gasteiger partial charge < -0.3 is 10.6 Å². The summed E-state index contributed by atoms with van der Waals surface area (Å²) >= 11 is 5.94. The van der Waals surface area contributed by atoms with Crippen LogP contribution in [0.1, 0.15) is 36.5 Å². The third kappa shape index (κ3) is 4.23. The molecule has 5 heteroatoms. The van der Waals surface area contributed by atoms with Crippen LogP contribution in [0.15, 0.2) is 12.3 Å². The number of unbranched alkanes of at least 4 members (excludes halogenated alkanes) is 2. The van der Waals surface area contributed by atoms with Gasteiger partial charge in [0.25, 0.3) is 5.91 Å². The van der Waals surface area contributed by atoms with Gasteiger partial charge in [-0.15, -0.1) is 0 Å². The van der Waals surface area contributed by atoms with E-state index in [0.29, 0.717) is 22.9 Å². The normalized spacial score (nSPS) is 10.1. The number of hydrogen-bond acceptors (Lipinski definition) is 3. The second-order valence-corrected chi connectivity index (χ2v) is 4.17. The van der Waals surface area contributed by atoms with Gasteiger partial charge in [0.15, 0.2) is 0 Å². The monoisotopic (exact) mass is 255 g/mol. The van der Waals surface area contributed by atoms with Crippen molar-refractivity contribution in [1.29, 1.82) is 0 Å². The van der Waals surface area contributed by atoms with Gasteiger partial charge in [0.05, 0.1) is 10.6 Å². The number of aromatic nitrogens is 1. The second-order valence-electron chi connectivity index (χ2n) is 3.76. The minimum absolute atomic E-state index is 0.148. The number of carbonyl (C=O) groups excluding carboxylic acids is 1. The van der Waals surface area contributed by atoms with Crippen LogP contribution >= 0.6 is 11.6 Å². The number of nitrogens with one attached hydrogen (secondary N) is 2. The van der Waals surface area contributed by atoms with Crippen LogP contribution in [-0.4, -0.2) is 24.5 Å². The molecular formula is C12H18ClN3O. The summed E-state index contributed by atoms with van der Waals surface area (Å²) in [5, 5.41) is 6.10. The fourth-order valence-electron chi connectivity index (χ4n) is 1.42. The summed E-state index contributed by atoms with van der Waals surface area (Å²) < 4.78 is 0. The van der Waals surface area contributed by atoms with E-state index in [0.717, 1.165) is 19.3 Å². The molecule has 0 atom stereocenters. The molecule has 0 aliphatic carbocycles. The number of anilines is 1. The Balaban J connectivity index is 2.61. The molecule has 0 unspecified atom stereocenters. The van der Waals surface area contributed by atoms with Gasteiger partial charge in [-0.3, -0.25) is 4.79 Å². The Morgan fingerprint density at radius 2 is 2.24 bits per heavy atom. The number of pyridine rings is 1. The number of amides is 1. The standard InChI is InChI=1S/C12H18ClN3O/c1-3-4-5-6-15-12(17)9-7-11(14-2)16-8-10(9)13/h7-8H,3-6H2,1-2H3,(H,14,16)(H,15,17). The molecule has 4 nitrogen and oxygen atoms in total. The van der Waals surface area contributed by atoms with Gasteiger partial charge >= 0.3 is 0 Å². The molecule has 1 heterocycles. The van der Waals surface area contributed by atoms with Crippen LogP contribution in [0.5, 0.6) is 0 Å². The minimum Gasteiger partial charge on any atom is -0.373 e. The van der Waals surface area contributed by atoms with E-state index in [-0.39, 0.29) is 5.91 Å². The summed E-state index contributed by atoms with van der Waals surface area (Å²) in [7, 11) is 1.75. The average molecular weight is 256 g/mol. The fraction of sp³-hybridized carbons (Fsp3) is 0.500. The van der Waals surface area contributed by atoms with Crippen molar-refractivity contribution in [3.05, 3.63) is 22.8 Å². The lowest BCUT2D eigenvalue weighted by Crippen LogP contribution is -2.24. The third-order valence-corrected chi connectivity index (χ3v) is 2.72. The van der Waals surface area contributed by atoms with Gasteiger partial charge in [0, 0.05) is 19.8 Å². The molecule has 1 aromatic heterocycles. The van der Waals surface area contributed by atoms with E-state index < -0.39 is 0 Å². The van der Waals surface area contributed by atoms with Gasteiger partial charge in [-0.1, -0.05) is 31.4 Å². The number of nitrogens with zero attached hydrogens (tertiary/aromatic N) is 1. The van der Waals surface area contributed by atoms with Gasteiger partial charge in [0.2, 0.25) is 0 Å². The summed E-state index contributed by atoms with van der Waals surface area (Å²) in [6.07, 6.45) is 4.72. The lowest BCUT2D eigenvalue weighted by atomic mass is 10.2. The molecule has 0 fully saturated rings. The highest BCUT2D eigenvalue weighted by Gasteiger charge is 2.10. The van der Waals surface area contributed by atoms with Gasteiger partial charge in [-0.2, -0.15) is 0 Å². The molecule has 0 aliphatic rings. The summed E-state index contributed by atoms with van der Waals surface area (Å²) in [4.78, 5) is 15.9. The average Bonchev–Trinajstić information content (AvgIpc) is 2.35. The lowest BCUT2D eigenvalue weighted by molar-refractivity contribution is 0.0953. The minimum atomic E-state index is -0.148. The van der Waals surface area contributed by atoms with Crippen molar-refractivity contribution >= 4 is 23.3 Å². The Hall–Kier alpha value is -1.29. The predicted octanol–water partition coefficient (Wildman–Crippen LogP) is 2.70. The Morgan fingerprint density at radius 3 is 2.88 bits per heavy atom. The third-order valence-electron chi connectivity index (χ3n) is 2.42. The fourth-order valence-corrected chi connectivity index (χ4v) is 1.61. The number of rotatable bonds is 6. The van der Waals surface area contributed by atoms with Crippen molar-refractivity contribution in [2.24, 2.45) is 0 Å². The highest BCUT2D eigenvalue weighted by atomic mass is 35.5. The number of hydrogen-bond donors (Lipinski definition) is 2. The SMILES string of the molecule is CCCCCNC(=O)c1cc(NC)ncc1Cl. The molecule has 1 rings (SSSR count). The number of halogens is 1. The van der Waals surface area contributed by atoms with E-state index in [1.165, 1.54) is 6.20 Å². The van der Waals surface area contributed by atoms with Crippen LogP contribution < -0.4 is 10.6 Å². The summed E-state index contributed by atoms with van der Waals surface area (Å²) in [5.74, 6) is 0.484. The Kier molecular flexibility index (Phi) is 5.77. The Bertz CT molecular complexity index is 382. The molecule has 0 saturated heterocycles. The summed E-state index contributed by atoms with van der Waals surface area (Å²) in [5.41, 5.74) is 0.461. The van der Waals surface area contributed by atoms with Crippen molar-refractivity contribution < 1.29 is 4.79 Å². The van der Waals surface area contributed by atoms with Crippen molar-refractivity contribution in [3.8, 4) is 0 Å². The van der Waals surface area contributed by atoms with Crippen LogP contribution in [0.4, 0.5) is 5.82 Å². The van der Waals surface area contributed by atoms with Crippen molar-refractivity contribution in [3.63, 3.8) is 0 Å². The molecular weight excluding hydrogens is 238 g/mol. The van der Waals surface area contributed by atoms with Gasteiger partial charge in [0.1, 0.15) is 5.82 Å². The van der Waals surface area contributed by atoms with Gasteiger partial charge in [-0.25, -0.2) is 4.98 Å². The predicted molar refractivity (Wildman–Crippen MR) is 70.7 cm³/mol. The number of carbonyl (C=O) groups is 1. The summed E-state index contributed by atoms with van der Waals surface area (Å²) in [6, 6.07) is 1.65. The molecule has 0 aromatic carbocycles. The van der Waals surface area contributed by atoms with Crippen molar-refractivity contribution in [2.75, 3.05) is 18.9 Å². The van der Waals surface area contributed by atoms with E-state index in [9.17, 15) is 4.79 Å². The highest BCUT2D eigenvalue weighted by molar-refractivity contribution is 6.33. The first-order chi connectivity index (χ1) is 8.19. The van der Waals surface area contributed by atoms with E-state index >= 15 is 0 Å². The first-order valence-corrected chi connectivity index (χ1v) is 6.18. The van der Waals surface area contributed by atoms with Crippen molar-refractivity contribution in [2.45, 2.75) is 26.2 Å². The maximum Gasteiger partial charge on any atom is 0.252 e. The molecule has 17 heavy (non-hydrogen) atoms. The second kappa shape index (κ2) is 7.12. The van der Waals surface area contributed by atoms with Crippen LogP contribution in [-0.2, 0) is 0 Å². The molecule has 0 spiro atoms. The zero-order valence-electron chi connectivity index (χ0n) is 10.2. The Labute approximate surface area is 107 Å². The first-order valence-electron chi connectivity index (χ1n) is 5.80. The van der Waals surface area contributed by atoms with E-state index in [1.807, 2.05) is 0 Å². The molecule has 1 amide bonds. The lowest BCUT2D eigenvalue weighted by Gasteiger charge is -2.07. The largest absolute Gasteiger partial charge is 0.373 e.